The average molecular weight is 311 g/mol. The van der Waals surface area contributed by atoms with Crippen molar-refractivity contribution < 1.29 is 4.39 Å². The van der Waals surface area contributed by atoms with Gasteiger partial charge < -0.3 is 0 Å². The molecule has 2 aromatic rings. The summed E-state index contributed by atoms with van der Waals surface area (Å²) in [4.78, 5) is 9.58. The maximum atomic E-state index is 13.1. The maximum Gasteiger partial charge on any atom is 0.140 e. The molecule has 1 aromatic carbocycles. The van der Waals surface area contributed by atoms with Crippen LogP contribution in [0.1, 0.15) is 25.4 Å². The van der Waals surface area contributed by atoms with Gasteiger partial charge in [-0.2, -0.15) is 0 Å². The molecular formula is C15H16ClFN2S. The minimum atomic E-state index is -0.234. The Kier molecular flexibility index (Phi) is 5.38. The van der Waals surface area contributed by atoms with E-state index in [0.29, 0.717) is 22.6 Å². The second kappa shape index (κ2) is 7.04. The minimum absolute atomic E-state index is 0.234. The Morgan fingerprint density at radius 2 is 2.05 bits per heavy atom. The van der Waals surface area contributed by atoms with Crippen molar-refractivity contribution in [1.29, 1.82) is 0 Å². The molecule has 0 spiro atoms. The van der Waals surface area contributed by atoms with Gasteiger partial charge in [0.25, 0.3) is 0 Å². The van der Waals surface area contributed by atoms with E-state index in [4.69, 9.17) is 11.6 Å². The molecule has 0 unspecified atom stereocenters. The van der Waals surface area contributed by atoms with Crippen LogP contribution in [0.4, 0.5) is 4.39 Å². The molecule has 1 heterocycles. The van der Waals surface area contributed by atoms with Gasteiger partial charge in [0, 0.05) is 10.6 Å². The van der Waals surface area contributed by atoms with Crippen LogP contribution in [0.15, 0.2) is 35.2 Å². The quantitative estimate of drug-likeness (QED) is 0.588. The largest absolute Gasteiger partial charge is 0.237 e. The van der Waals surface area contributed by atoms with E-state index in [9.17, 15) is 4.39 Å². The Balaban J connectivity index is 2.07. The standard InChI is InChI=1S/C15H16ClFN2S/c1-10(2)6-12-8-14(16)19-15(18-12)9-20-13-5-3-4-11(17)7-13/h3-5,7-8,10H,6,9H2,1-2H3. The van der Waals surface area contributed by atoms with E-state index in [1.807, 2.05) is 6.07 Å². The molecule has 0 bridgehead atoms. The number of nitrogens with zero attached hydrogens (tertiary/aromatic N) is 2. The van der Waals surface area contributed by atoms with Gasteiger partial charge in [0.1, 0.15) is 16.8 Å². The fourth-order valence-electron chi connectivity index (χ4n) is 1.81. The lowest BCUT2D eigenvalue weighted by Crippen LogP contribution is -2.02. The Labute approximate surface area is 127 Å². The summed E-state index contributed by atoms with van der Waals surface area (Å²) >= 11 is 7.52. The van der Waals surface area contributed by atoms with Crippen LogP contribution >= 0.6 is 23.4 Å². The summed E-state index contributed by atoms with van der Waals surface area (Å²) < 4.78 is 13.1. The lowest BCUT2D eigenvalue weighted by Gasteiger charge is -2.07. The van der Waals surface area contributed by atoms with Crippen LogP contribution in [-0.2, 0) is 12.2 Å². The first-order valence-corrected chi connectivity index (χ1v) is 7.80. The van der Waals surface area contributed by atoms with Crippen LogP contribution in [-0.4, -0.2) is 9.97 Å². The van der Waals surface area contributed by atoms with Gasteiger partial charge in [0.05, 0.1) is 5.75 Å². The zero-order valence-electron chi connectivity index (χ0n) is 11.4. The van der Waals surface area contributed by atoms with Crippen LogP contribution in [0.2, 0.25) is 5.15 Å². The molecule has 2 nitrogen and oxygen atoms in total. The molecule has 0 amide bonds. The number of halogens is 2. The molecule has 0 aliphatic carbocycles. The monoisotopic (exact) mass is 310 g/mol. The van der Waals surface area contributed by atoms with Crippen LogP contribution in [0.5, 0.6) is 0 Å². The second-order valence-corrected chi connectivity index (χ2v) is 6.38. The van der Waals surface area contributed by atoms with E-state index < -0.39 is 0 Å². The molecule has 1 aromatic heterocycles. The third-order valence-corrected chi connectivity index (χ3v) is 3.76. The molecule has 106 valence electrons. The van der Waals surface area contributed by atoms with Crippen LogP contribution in [0.3, 0.4) is 0 Å². The fourth-order valence-corrected chi connectivity index (χ4v) is 2.83. The number of aromatic nitrogens is 2. The number of hydrogen-bond acceptors (Lipinski definition) is 3. The molecular weight excluding hydrogens is 295 g/mol. The van der Waals surface area contributed by atoms with Gasteiger partial charge in [0.2, 0.25) is 0 Å². The van der Waals surface area contributed by atoms with E-state index in [1.165, 1.54) is 23.9 Å². The van der Waals surface area contributed by atoms with Crippen molar-refractivity contribution in [2.45, 2.75) is 30.9 Å². The lowest BCUT2D eigenvalue weighted by atomic mass is 10.1. The van der Waals surface area contributed by atoms with Crippen molar-refractivity contribution in [3.63, 3.8) is 0 Å². The lowest BCUT2D eigenvalue weighted by molar-refractivity contribution is 0.624. The maximum absolute atomic E-state index is 13.1. The number of hydrogen-bond donors (Lipinski definition) is 0. The molecule has 20 heavy (non-hydrogen) atoms. The third kappa shape index (κ3) is 4.76. The average Bonchev–Trinajstić information content (AvgIpc) is 2.35. The van der Waals surface area contributed by atoms with E-state index >= 15 is 0 Å². The molecule has 2 rings (SSSR count). The van der Waals surface area contributed by atoms with Crippen molar-refractivity contribution >= 4 is 23.4 Å². The predicted octanol–water partition coefficient (Wildman–Crippen LogP) is 4.76. The Bertz CT molecular complexity index is 590. The zero-order valence-corrected chi connectivity index (χ0v) is 13.0. The molecule has 0 aliphatic heterocycles. The van der Waals surface area contributed by atoms with Gasteiger partial charge in [-0.3, -0.25) is 0 Å². The SMILES string of the molecule is CC(C)Cc1cc(Cl)nc(CSc2cccc(F)c2)n1. The minimum Gasteiger partial charge on any atom is -0.237 e. The fraction of sp³-hybridized carbons (Fsp3) is 0.333. The highest BCUT2D eigenvalue weighted by Gasteiger charge is 2.06. The molecule has 0 saturated carbocycles. The Hall–Kier alpha value is -1.13. The Morgan fingerprint density at radius 1 is 1.25 bits per heavy atom. The molecule has 0 atom stereocenters. The number of rotatable bonds is 5. The number of thioether (sulfide) groups is 1. The van der Waals surface area contributed by atoms with Gasteiger partial charge in [-0.25, -0.2) is 14.4 Å². The zero-order chi connectivity index (χ0) is 14.5. The summed E-state index contributed by atoms with van der Waals surface area (Å²) in [6, 6.07) is 8.30. The van der Waals surface area contributed by atoms with Crippen LogP contribution in [0.25, 0.3) is 0 Å². The molecule has 0 saturated heterocycles. The molecule has 0 radical (unpaired) electrons. The first-order chi connectivity index (χ1) is 9.52. The summed E-state index contributed by atoms with van der Waals surface area (Å²) in [7, 11) is 0. The topological polar surface area (TPSA) is 25.8 Å². The summed E-state index contributed by atoms with van der Waals surface area (Å²) in [5.74, 6) is 1.55. The van der Waals surface area contributed by atoms with Gasteiger partial charge >= 0.3 is 0 Å². The van der Waals surface area contributed by atoms with Crippen LogP contribution in [0, 0.1) is 11.7 Å². The summed E-state index contributed by atoms with van der Waals surface area (Å²) in [5, 5.41) is 0.463. The smallest absolute Gasteiger partial charge is 0.140 e. The van der Waals surface area contributed by atoms with Gasteiger partial charge in [-0.05, 0) is 36.6 Å². The molecule has 0 aliphatic rings. The first kappa shape index (κ1) is 15.3. The van der Waals surface area contributed by atoms with Crippen LogP contribution < -0.4 is 0 Å². The highest BCUT2D eigenvalue weighted by molar-refractivity contribution is 7.98. The van der Waals surface area contributed by atoms with Crippen molar-refractivity contribution in [2.75, 3.05) is 0 Å². The van der Waals surface area contributed by atoms with Crippen molar-refractivity contribution in [3.8, 4) is 0 Å². The first-order valence-electron chi connectivity index (χ1n) is 6.43. The predicted molar refractivity (Wildman–Crippen MR) is 81.5 cm³/mol. The summed E-state index contributed by atoms with van der Waals surface area (Å²) in [5.41, 5.74) is 0.954. The second-order valence-electron chi connectivity index (χ2n) is 4.94. The summed E-state index contributed by atoms with van der Waals surface area (Å²) in [6.07, 6.45) is 0.875. The third-order valence-electron chi connectivity index (χ3n) is 2.58. The van der Waals surface area contributed by atoms with E-state index in [2.05, 4.69) is 23.8 Å². The molecule has 5 heteroatoms. The number of benzene rings is 1. The van der Waals surface area contributed by atoms with Crippen molar-refractivity contribution in [3.05, 3.63) is 52.8 Å². The van der Waals surface area contributed by atoms with Crippen molar-refractivity contribution in [2.24, 2.45) is 5.92 Å². The van der Waals surface area contributed by atoms with Crippen molar-refractivity contribution in [1.82, 2.24) is 9.97 Å². The van der Waals surface area contributed by atoms with E-state index in [-0.39, 0.29) is 5.82 Å². The molecule has 0 fully saturated rings. The highest BCUT2D eigenvalue weighted by atomic mass is 35.5. The van der Waals surface area contributed by atoms with Gasteiger partial charge in [-0.15, -0.1) is 11.8 Å². The highest BCUT2D eigenvalue weighted by Crippen LogP contribution is 2.23. The van der Waals surface area contributed by atoms with Gasteiger partial charge in [0.15, 0.2) is 0 Å². The van der Waals surface area contributed by atoms with E-state index in [1.54, 1.807) is 12.1 Å². The van der Waals surface area contributed by atoms with E-state index in [0.717, 1.165) is 17.0 Å². The Morgan fingerprint density at radius 3 is 2.75 bits per heavy atom. The summed E-state index contributed by atoms with van der Waals surface area (Å²) in [6.45, 7) is 4.27. The normalized spacial score (nSPS) is 11.1. The van der Waals surface area contributed by atoms with Gasteiger partial charge in [-0.1, -0.05) is 31.5 Å². The molecule has 0 N–H and O–H groups in total.